The van der Waals surface area contributed by atoms with Gasteiger partial charge in [-0.25, -0.2) is 19.3 Å². The van der Waals surface area contributed by atoms with Gasteiger partial charge in [-0.05, 0) is 48.2 Å². The fourth-order valence-corrected chi connectivity index (χ4v) is 4.19. The van der Waals surface area contributed by atoms with Gasteiger partial charge in [0, 0.05) is 30.7 Å². The van der Waals surface area contributed by atoms with Crippen LogP contribution in [0.5, 0.6) is 0 Å². The second kappa shape index (κ2) is 9.57. The Labute approximate surface area is 206 Å². The fraction of sp³-hybridized carbons (Fsp3) is 0.192. The van der Waals surface area contributed by atoms with Gasteiger partial charge in [-0.3, -0.25) is 9.48 Å². The van der Waals surface area contributed by atoms with Gasteiger partial charge in [0.25, 0.3) is 5.56 Å². The molecule has 0 atom stereocenters. The lowest BCUT2D eigenvalue weighted by Gasteiger charge is -2.12. The Bertz CT molecular complexity index is 1580. The summed E-state index contributed by atoms with van der Waals surface area (Å²) in [6, 6.07) is 12.0. The van der Waals surface area contributed by atoms with Gasteiger partial charge in [-0.1, -0.05) is 24.3 Å². The van der Waals surface area contributed by atoms with E-state index in [2.05, 4.69) is 25.4 Å². The number of nitrogen functional groups attached to an aromatic ring is 1. The molecule has 0 amide bonds. The van der Waals surface area contributed by atoms with E-state index in [9.17, 15) is 9.18 Å². The van der Waals surface area contributed by atoms with Crippen molar-refractivity contribution >= 4 is 22.7 Å². The molecule has 3 N–H and O–H groups in total. The average Bonchev–Trinajstić information content (AvgIpc) is 3.25. The molecule has 36 heavy (non-hydrogen) atoms. The average molecular weight is 485 g/mol. The normalized spacial score (nSPS) is 11.2. The van der Waals surface area contributed by atoms with E-state index in [1.54, 1.807) is 0 Å². The maximum absolute atomic E-state index is 13.5. The molecule has 9 nitrogen and oxygen atoms in total. The summed E-state index contributed by atoms with van der Waals surface area (Å²) in [6.07, 6.45) is 4.62. The lowest BCUT2D eigenvalue weighted by molar-refractivity contribution is 0.595. The zero-order chi connectivity index (χ0) is 25.2. The molecule has 4 heterocycles. The highest BCUT2D eigenvalue weighted by Gasteiger charge is 2.11. The van der Waals surface area contributed by atoms with Crippen molar-refractivity contribution in [1.29, 1.82) is 0 Å². The van der Waals surface area contributed by atoms with E-state index in [4.69, 9.17) is 5.73 Å². The number of aryl methyl sites for hydroxylation is 2. The number of benzene rings is 1. The number of nitrogens with zero attached hydrogens (tertiary/aromatic N) is 6. The molecule has 0 unspecified atom stereocenters. The standard InChI is InChI=1S/C26H25FN8O/c1-16-9-23(28)32-17(2)21(16)10-29-25-22-14-35(33-26(22)31-15-30-25)12-19-5-3-18(4-6-19)11-34-13-20(27)7-8-24(34)36/h3-9,13-15H,10-12H2,1-2H3,(H2,28,32)(H,29,30,31,33). The molecule has 0 aliphatic heterocycles. The van der Waals surface area contributed by atoms with Gasteiger partial charge in [0.2, 0.25) is 0 Å². The fourth-order valence-electron chi connectivity index (χ4n) is 4.19. The summed E-state index contributed by atoms with van der Waals surface area (Å²) in [5.74, 6) is 0.762. The van der Waals surface area contributed by atoms with Crippen molar-refractivity contribution in [1.82, 2.24) is 29.3 Å². The molecule has 0 fully saturated rings. The Hall–Kier alpha value is -4.60. The summed E-state index contributed by atoms with van der Waals surface area (Å²) in [5, 5.41) is 8.79. The minimum atomic E-state index is -0.440. The van der Waals surface area contributed by atoms with Crippen LogP contribution in [0.2, 0.25) is 0 Å². The van der Waals surface area contributed by atoms with Gasteiger partial charge >= 0.3 is 0 Å². The van der Waals surface area contributed by atoms with E-state index in [1.807, 2.05) is 55.1 Å². The molecule has 0 aliphatic carbocycles. The number of aromatic nitrogens is 6. The van der Waals surface area contributed by atoms with Crippen molar-refractivity contribution < 1.29 is 4.39 Å². The maximum Gasteiger partial charge on any atom is 0.251 e. The highest BCUT2D eigenvalue weighted by Crippen LogP contribution is 2.21. The molecule has 0 saturated carbocycles. The number of pyridine rings is 2. The number of nitrogens with one attached hydrogen (secondary N) is 1. The third-order valence-electron chi connectivity index (χ3n) is 6.04. The second-order valence-corrected chi connectivity index (χ2v) is 8.70. The van der Waals surface area contributed by atoms with Gasteiger partial charge in [0.15, 0.2) is 5.65 Å². The lowest BCUT2D eigenvalue weighted by atomic mass is 10.1. The number of hydrogen-bond acceptors (Lipinski definition) is 7. The highest BCUT2D eigenvalue weighted by atomic mass is 19.1. The monoisotopic (exact) mass is 484 g/mol. The van der Waals surface area contributed by atoms with Crippen molar-refractivity contribution in [3.8, 4) is 0 Å². The van der Waals surface area contributed by atoms with Crippen LogP contribution in [-0.4, -0.2) is 29.3 Å². The summed E-state index contributed by atoms with van der Waals surface area (Å²) in [4.78, 5) is 25.0. The predicted octanol–water partition coefficient (Wildman–Crippen LogP) is 3.43. The summed E-state index contributed by atoms with van der Waals surface area (Å²) in [7, 11) is 0. The van der Waals surface area contributed by atoms with Crippen molar-refractivity contribution in [3.05, 3.63) is 105 Å². The van der Waals surface area contributed by atoms with Gasteiger partial charge in [0.05, 0.1) is 18.5 Å². The molecule has 0 saturated heterocycles. The minimum Gasteiger partial charge on any atom is -0.384 e. The smallest absolute Gasteiger partial charge is 0.251 e. The number of fused-ring (bicyclic) bond motifs is 1. The molecule has 0 radical (unpaired) electrons. The number of nitrogens with two attached hydrogens (primary N) is 1. The Kier molecular flexibility index (Phi) is 6.16. The first kappa shape index (κ1) is 23.2. The van der Waals surface area contributed by atoms with Crippen molar-refractivity contribution in [2.24, 2.45) is 0 Å². The maximum atomic E-state index is 13.5. The molecule has 0 bridgehead atoms. The summed E-state index contributed by atoms with van der Waals surface area (Å²) in [5.41, 5.74) is 11.1. The number of hydrogen-bond donors (Lipinski definition) is 2. The number of anilines is 2. The van der Waals surface area contributed by atoms with Crippen molar-refractivity contribution in [2.45, 2.75) is 33.5 Å². The van der Waals surface area contributed by atoms with E-state index in [1.165, 1.54) is 29.2 Å². The highest BCUT2D eigenvalue weighted by molar-refractivity contribution is 5.85. The molecule has 5 rings (SSSR count). The van der Waals surface area contributed by atoms with Crippen LogP contribution in [0, 0.1) is 19.7 Å². The van der Waals surface area contributed by atoms with Crippen LogP contribution in [-0.2, 0) is 19.6 Å². The molecular weight excluding hydrogens is 459 g/mol. The third-order valence-corrected chi connectivity index (χ3v) is 6.04. The van der Waals surface area contributed by atoms with E-state index in [0.29, 0.717) is 36.9 Å². The molecule has 10 heteroatoms. The first-order valence-corrected chi connectivity index (χ1v) is 11.4. The SMILES string of the molecule is Cc1cc(N)nc(C)c1CNc1ncnc2nn(Cc3ccc(Cn4cc(F)ccc4=O)cc3)cc12. The van der Waals surface area contributed by atoms with E-state index in [0.717, 1.165) is 33.3 Å². The Morgan fingerprint density at radius 2 is 1.75 bits per heavy atom. The van der Waals surface area contributed by atoms with Crippen LogP contribution in [0.4, 0.5) is 16.0 Å². The molecule has 0 spiro atoms. The summed E-state index contributed by atoms with van der Waals surface area (Å²) >= 11 is 0. The zero-order valence-corrected chi connectivity index (χ0v) is 19.9. The molecule has 1 aromatic carbocycles. The molecular formula is C26H25FN8O. The largest absolute Gasteiger partial charge is 0.384 e. The van der Waals surface area contributed by atoms with Crippen LogP contribution in [0.3, 0.4) is 0 Å². The van der Waals surface area contributed by atoms with Crippen LogP contribution in [0.1, 0.15) is 27.9 Å². The van der Waals surface area contributed by atoms with E-state index < -0.39 is 5.82 Å². The predicted molar refractivity (Wildman–Crippen MR) is 136 cm³/mol. The Morgan fingerprint density at radius 3 is 2.50 bits per heavy atom. The van der Waals surface area contributed by atoms with Crippen LogP contribution < -0.4 is 16.6 Å². The van der Waals surface area contributed by atoms with Crippen LogP contribution >= 0.6 is 0 Å². The topological polar surface area (TPSA) is 117 Å². The number of rotatable bonds is 7. The lowest BCUT2D eigenvalue weighted by Crippen LogP contribution is -2.19. The van der Waals surface area contributed by atoms with Crippen molar-refractivity contribution in [2.75, 3.05) is 11.1 Å². The molecule has 182 valence electrons. The first-order valence-electron chi connectivity index (χ1n) is 11.4. The minimum absolute atomic E-state index is 0.243. The van der Waals surface area contributed by atoms with E-state index in [-0.39, 0.29) is 5.56 Å². The quantitative estimate of drug-likeness (QED) is 0.363. The third kappa shape index (κ3) is 4.92. The van der Waals surface area contributed by atoms with Gasteiger partial charge < -0.3 is 15.6 Å². The van der Waals surface area contributed by atoms with E-state index >= 15 is 0 Å². The van der Waals surface area contributed by atoms with Crippen LogP contribution in [0.25, 0.3) is 11.0 Å². The molecule has 5 aromatic rings. The van der Waals surface area contributed by atoms with Gasteiger partial charge in [-0.2, -0.15) is 5.10 Å². The molecule has 0 aliphatic rings. The number of halogens is 1. The van der Waals surface area contributed by atoms with Gasteiger partial charge in [0.1, 0.15) is 23.8 Å². The second-order valence-electron chi connectivity index (χ2n) is 8.70. The summed E-state index contributed by atoms with van der Waals surface area (Å²) in [6.45, 7) is 5.34. The molecule has 4 aromatic heterocycles. The van der Waals surface area contributed by atoms with Gasteiger partial charge in [-0.15, -0.1) is 0 Å². The Balaban J connectivity index is 1.31. The Morgan fingerprint density at radius 1 is 1.00 bits per heavy atom. The first-order chi connectivity index (χ1) is 17.4. The zero-order valence-electron chi connectivity index (χ0n) is 19.9. The van der Waals surface area contributed by atoms with Crippen LogP contribution in [0.15, 0.2) is 66.0 Å². The summed E-state index contributed by atoms with van der Waals surface area (Å²) < 4.78 is 16.6. The van der Waals surface area contributed by atoms with Crippen molar-refractivity contribution in [3.63, 3.8) is 0 Å².